The zero-order valence-corrected chi connectivity index (χ0v) is 15.5. The molecule has 8 heteroatoms. The summed E-state index contributed by atoms with van der Waals surface area (Å²) in [7, 11) is 0. The number of ether oxygens (including phenoxy) is 1. The van der Waals surface area contributed by atoms with Crippen LogP contribution in [-0.2, 0) is 4.74 Å². The molecule has 2 amide bonds. The third-order valence-electron chi connectivity index (χ3n) is 4.37. The quantitative estimate of drug-likeness (QED) is 0.891. The number of rotatable bonds is 4. The van der Waals surface area contributed by atoms with Crippen LogP contribution in [0.15, 0.2) is 36.7 Å². The fourth-order valence-electron chi connectivity index (χ4n) is 2.82. The van der Waals surface area contributed by atoms with Crippen LogP contribution in [0.5, 0.6) is 0 Å². The maximum atomic E-state index is 12.6. The van der Waals surface area contributed by atoms with Crippen LogP contribution in [0.2, 0.25) is 0 Å². The van der Waals surface area contributed by atoms with Crippen molar-refractivity contribution in [2.45, 2.75) is 13.8 Å². The van der Waals surface area contributed by atoms with Crippen LogP contribution >= 0.6 is 0 Å². The summed E-state index contributed by atoms with van der Waals surface area (Å²) in [5, 5.41) is 3.19. The Morgan fingerprint density at radius 2 is 1.78 bits per heavy atom. The van der Waals surface area contributed by atoms with Crippen molar-refractivity contribution < 1.29 is 14.3 Å². The zero-order valence-electron chi connectivity index (χ0n) is 15.5. The molecule has 1 fully saturated rings. The largest absolute Gasteiger partial charge is 0.450 e. The highest BCUT2D eigenvalue weighted by Crippen LogP contribution is 2.18. The third kappa shape index (κ3) is 4.52. The molecule has 1 aromatic heterocycles. The molecule has 0 unspecified atom stereocenters. The van der Waals surface area contributed by atoms with Gasteiger partial charge in [0.15, 0.2) is 0 Å². The van der Waals surface area contributed by atoms with Crippen LogP contribution in [-0.4, -0.2) is 64.6 Å². The molecule has 27 heavy (non-hydrogen) atoms. The highest BCUT2D eigenvalue weighted by molar-refractivity contribution is 5.92. The predicted octanol–water partition coefficient (Wildman–Crippen LogP) is 2.44. The van der Waals surface area contributed by atoms with Crippen LogP contribution < -0.4 is 5.32 Å². The lowest BCUT2D eigenvalue weighted by Crippen LogP contribution is -2.50. The van der Waals surface area contributed by atoms with E-state index in [2.05, 4.69) is 15.3 Å². The Kier molecular flexibility index (Phi) is 5.85. The minimum absolute atomic E-state index is 0.187. The number of aryl methyl sites for hydroxylation is 1. The summed E-state index contributed by atoms with van der Waals surface area (Å²) in [5.74, 6) is 0.390. The fraction of sp³-hybridized carbons (Fsp3) is 0.368. The van der Waals surface area contributed by atoms with E-state index in [1.54, 1.807) is 22.9 Å². The molecule has 2 aromatic rings. The number of hydrogen-bond acceptors (Lipinski definition) is 6. The van der Waals surface area contributed by atoms with Crippen LogP contribution in [0.4, 0.5) is 16.3 Å². The Hall–Kier alpha value is -3.16. The van der Waals surface area contributed by atoms with Gasteiger partial charge in [0.1, 0.15) is 11.5 Å². The molecule has 2 heterocycles. The smallest absolute Gasteiger partial charge is 0.409 e. The minimum atomic E-state index is -0.337. The first-order valence-corrected chi connectivity index (χ1v) is 8.94. The van der Waals surface area contributed by atoms with Gasteiger partial charge in [0, 0.05) is 31.9 Å². The normalized spacial score (nSPS) is 14.0. The van der Waals surface area contributed by atoms with Gasteiger partial charge in [-0.2, -0.15) is 0 Å². The molecule has 0 aliphatic carbocycles. The summed E-state index contributed by atoms with van der Waals surface area (Å²) in [6, 6.07) is 7.87. The number of piperazine rings is 1. The highest BCUT2D eigenvalue weighted by Gasteiger charge is 2.26. The maximum absolute atomic E-state index is 12.6. The molecule has 142 valence electrons. The van der Waals surface area contributed by atoms with E-state index in [4.69, 9.17) is 4.74 Å². The molecule has 1 aromatic carbocycles. The van der Waals surface area contributed by atoms with Crippen LogP contribution in [0.25, 0.3) is 0 Å². The molecular formula is C19H23N5O3. The number of aromatic nitrogens is 2. The van der Waals surface area contributed by atoms with Crippen molar-refractivity contribution >= 4 is 23.5 Å². The first-order chi connectivity index (χ1) is 13.1. The Labute approximate surface area is 158 Å². The van der Waals surface area contributed by atoms with Gasteiger partial charge in [0.25, 0.3) is 5.91 Å². The van der Waals surface area contributed by atoms with Crippen molar-refractivity contribution in [1.29, 1.82) is 0 Å². The van der Waals surface area contributed by atoms with Gasteiger partial charge in [-0.15, -0.1) is 0 Å². The lowest BCUT2D eigenvalue weighted by Gasteiger charge is -2.33. The summed E-state index contributed by atoms with van der Waals surface area (Å²) in [4.78, 5) is 36.1. The molecular weight excluding hydrogens is 346 g/mol. The molecule has 8 nitrogen and oxygen atoms in total. The number of carbonyl (C=O) groups is 2. The number of nitrogens with zero attached hydrogens (tertiary/aromatic N) is 4. The third-order valence-corrected chi connectivity index (χ3v) is 4.37. The maximum Gasteiger partial charge on any atom is 0.409 e. The average molecular weight is 369 g/mol. The molecule has 1 N–H and O–H groups in total. The summed E-state index contributed by atoms with van der Waals surface area (Å²) in [6.07, 6.45) is 2.69. The van der Waals surface area contributed by atoms with Gasteiger partial charge in [-0.05, 0) is 25.5 Å². The summed E-state index contributed by atoms with van der Waals surface area (Å²) < 4.78 is 4.99. The fourth-order valence-corrected chi connectivity index (χ4v) is 2.82. The molecule has 3 rings (SSSR count). The number of anilines is 2. The van der Waals surface area contributed by atoms with E-state index in [1.165, 1.54) is 6.20 Å². The predicted molar refractivity (Wildman–Crippen MR) is 101 cm³/mol. The van der Waals surface area contributed by atoms with Gasteiger partial charge < -0.3 is 19.9 Å². The van der Waals surface area contributed by atoms with Crippen molar-refractivity contribution in [2.75, 3.05) is 38.1 Å². The molecule has 0 atom stereocenters. The minimum Gasteiger partial charge on any atom is -0.450 e. The molecule has 1 aliphatic rings. The monoisotopic (exact) mass is 369 g/mol. The van der Waals surface area contributed by atoms with E-state index in [0.717, 1.165) is 11.3 Å². The molecule has 1 saturated heterocycles. The lowest BCUT2D eigenvalue weighted by molar-refractivity contribution is 0.0565. The SMILES string of the molecule is CCOC(=O)N1CCN(C(=O)c2cnc(Nc3ccccc3C)cn2)CC1. The molecule has 0 bridgehead atoms. The van der Waals surface area contributed by atoms with Gasteiger partial charge in [-0.1, -0.05) is 18.2 Å². The van der Waals surface area contributed by atoms with Crippen molar-refractivity contribution in [2.24, 2.45) is 0 Å². The standard InChI is InChI=1S/C19H23N5O3/c1-3-27-19(26)24-10-8-23(9-11-24)18(25)16-12-21-17(13-20-16)22-15-7-5-4-6-14(15)2/h4-7,12-13H,3,8-11H2,1-2H3,(H,21,22). The van der Waals surface area contributed by atoms with Gasteiger partial charge in [0.2, 0.25) is 0 Å². The topological polar surface area (TPSA) is 87.7 Å². The van der Waals surface area contributed by atoms with E-state index >= 15 is 0 Å². The van der Waals surface area contributed by atoms with Gasteiger partial charge in [0.05, 0.1) is 19.0 Å². The number of benzene rings is 1. The zero-order chi connectivity index (χ0) is 19.2. The molecule has 0 spiro atoms. The Morgan fingerprint density at radius 3 is 2.41 bits per heavy atom. The second-order valence-corrected chi connectivity index (χ2v) is 6.20. The average Bonchev–Trinajstić information content (AvgIpc) is 2.70. The van der Waals surface area contributed by atoms with E-state index in [1.807, 2.05) is 31.2 Å². The van der Waals surface area contributed by atoms with Crippen molar-refractivity contribution in [3.8, 4) is 0 Å². The van der Waals surface area contributed by atoms with Crippen molar-refractivity contribution in [1.82, 2.24) is 19.8 Å². The Bertz CT molecular complexity index is 801. The van der Waals surface area contributed by atoms with Gasteiger partial charge in [-0.3, -0.25) is 4.79 Å². The molecule has 0 radical (unpaired) electrons. The number of nitrogens with one attached hydrogen (secondary N) is 1. The lowest BCUT2D eigenvalue weighted by atomic mass is 10.2. The van der Waals surface area contributed by atoms with Crippen LogP contribution in [0, 0.1) is 6.92 Å². The first kappa shape index (κ1) is 18.6. The second kappa shape index (κ2) is 8.48. The Morgan fingerprint density at radius 1 is 1.07 bits per heavy atom. The van der Waals surface area contributed by atoms with E-state index < -0.39 is 0 Å². The van der Waals surface area contributed by atoms with Gasteiger partial charge in [-0.25, -0.2) is 14.8 Å². The summed E-state index contributed by atoms with van der Waals surface area (Å²) in [6.45, 7) is 5.91. The first-order valence-electron chi connectivity index (χ1n) is 8.94. The van der Waals surface area contributed by atoms with Crippen LogP contribution in [0.1, 0.15) is 23.0 Å². The van der Waals surface area contributed by atoms with Gasteiger partial charge >= 0.3 is 6.09 Å². The Balaban J connectivity index is 1.58. The number of hydrogen-bond donors (Lipinski definition) is 1. The van der Waals surface area contributed by atoms with Crippen molar-refractivity contribution in [3.63, 3.8) is 0 Å². The number of amides is 2. The number of para-hydroxylation sites is 1. The van der Waals surface area contributed by atoms with Crippen LogP contribution in [0.3, 0.4) is 0 Å². The van der Waals surface area contributed by atoms with Crippen molar-refractivity contribution in [3.05, 3.63) is 47.9 Å². The molecule has 0 saturated carbocycles. The van der Waals surface area contributed by atoms with E-state index in [0.29, 0.717) is 38.6 Å². The van der Waals surface area contributed by atoms with E-state index in [9.17, 15) is 9.59 Å². The second-order valence-electron chi connectivity index (χ2n) is 6.20. The molecule has 1 aliphatic heterocycles. The summed E-state index contributed by atoms with van der Waals surface area (Å²) >= 11 is 0. The number of carbonyl (C=O) groups excluding carboxylic acids is 2. The highest BCUT2D eigenvalue weighted by atomic mass is 16.6. The summed E-state index contributed by atoms with van der Waals surface area (Å²) in [5.41, 5.74) is 2.33. The van der Waals surface area contributed by atoms with E-state index in [-0.39, 0.29) is 17.7 Å².